The van der Waals surface area contributed by atoms with Crippen molar-refractivity contribution in [1.82, 2.24) is 0 Å². The zero-order valence-electron chi connectivity index (χ0n) is 19.1. The molecule has 0 amide bonds. The predicted molar refractivity (Wildman–Crippen MR) is 145 cm³/mol. The monoisotopic (exact) mass is 903 g/mol. The maximum atomic E-state index is 14.0. The van der Waals surface area contributed by atoms with Gasteiger partial charge in [-0.05, 0) is 130 Å². The number of carbonyl (C=O) groups is 2. The van der Waals surface area contributed by atoms with E-state index in [1.165, 1.54) is 0 Å². The standard InChI is InChI=1S/C22H20F5I3O7S/c23-21(24,25)16(22(26,27)38(33,34)35)37-18(32)20-6-10-1-11(7-20)5-19(4-10,9-20)17(31)36-8-12-2-13(28)3-14(29)15(12)30/h2-3,10-11,16H,1,4-9H2,(H,33,34,35)/p-1. The van der Waals surface area contributed by atoms with E-state index in [1.807, 2.05) is 12.1 Å². The van der Waals surface area contributed by atoms with Gasteiger partial charge in [-0.3, -0.25) is 9.59 Å². The summed E-state index contributed by atoms with van der Waals surface area (Å²) in [5.74, 6) is -2.84. The summed E-state index contributed by atoms with van der Waals surface area (Å²) in [5, 5.41) is -5.93. The van der Waals surface area contributed by atoms with E-state index in [0.717, 1.165) is 16.3 Å². The molecule has 1 aromatic rings. The van der Waals surface area contributed by atoms with Gasteiger partial charge in [0, 0.05) is 16.3 Å². The zero-order chi connectivity index (χ0) is 28.5. The first-order valence-corrected chi connectivity index (χ1v) is 15.9. The molecule has 3 unspecified atom stereocenters. The molecule has 1 aromatic carbocycles. The van der Waals surface area contributed by atoms with Gasteiger partial charge in [0.05, 0.1) is 10.8 Å². The van der Waals surface area contributed by atoms with E-state index in [1.54, 1.807) is 0 Å². The second-order valence-electron chi connectivity index (χ2n) is 10.3. The highest BCUT2D eigenvalue weighted by molar-refractivity contribution is 14.1. The summed E-state index contributed by atoms with van der Waals surface area (Å²) < 4.78 is 113. The van der Waals surface area contributed by atoms with Crippen molar-refractivity contribution in [2.24, 2.45) is 22.7 Å². The third-order valence-electron chi connectivity index (χ3n) is 7.51. The second kappa shape index (κ2) is 10.3. The first kappa shape index (κ1) is 30.9. The molecule has 0 saturated heterocycles. The molecular weight excluding hydrogens is 884 g/mol. The molecule has 4 aliphatic carbocycles. The Balaban J connectivity index is 1.58. The minimum atomic E-state index is -6.81. The fourth-order valence-corrected chi connectivity index (χ4v) is 9.32. The van der Waals surface area contributed by atoms with Gasteiger partial charge < -0.3 is 14.0 Å². The summed E-state index contributed by atoms with van der Waals surface area (Å²) in [6.07, 6.45) is -9.51. The highest BCUT2D eigenvalue weighted by Crippen LogP contribution is 2.66. The average molecular weight is 903 g/mol. The first-order chi connectivity index (χ1) is 17.3. The lowest BCUT2D eigenvalue weighted by atomic mass is 9.44. The predicted octanol–water partition coefficient (Wildman–Crippen LogP) is 5.74. The van der Waals surface area contributed by atoms with Crippen LogP contribution in [-0.4, -0.2) is 42.4 Å². The van der Waals surface area contributed by atoms with Crippen molar-refractivity contribution in [3.05, 3.63) is 28.4 Å². The van der Waals surface area contributed by atoms with Gasteiger partial charge in [0.15, 0.2) is 10.1 Å². The van der Waals surface area contributed by atoms with Gasteiger partial charge in [-0.2, -0.15) is 22.0 Å². The van der Waals surface area contributed by atoms with Gasteiger partial charge in [0.2, 0.25) is 0 Å². The quantitative estimate of drug-likeness (QED) is 0.113. The van der Waals surface area contributed by atoms with Crippen LogP contribution in [0.1, 0.15) is 44.1 Å². The third-order valence-corrected chi connectivity index (χ3v) is 12.2. The van der Waals surface area contributed by atoms with Crippen molar-refractivity contribution >= 4 is 89.8 Å². The molecule has 7 nitrogen and oxygen atoms in total. The molecular formula is C22H19F5I3O7S-. The largest absolute Gasteiger partial charge is 0.743 e. The van der Waals surface area contributed by atoms with Gasteiger partial charge in [0.1, 0.15) is 6.61 Å². The van der Waals surface area contributed by atoms with Gasteiger partial charge in [-0.1, -0.05) is 0 Å². The lowest BCUT2D eigenvalue weighted by Gasteiger charge is -2.59. The molecule has 4 fully saturated rings. The number of esters is 2. The summed E-state index contributed by atoms with van der Waals surface area (Å²) in [4.78, 5) is 26.5. The normalized spacial score (nSPS) is 29.7. The van der Waals surface area contributed by atoms with Crippen LogP contribution >= 0.6 is 67.8 Å². The summed E-state index contributed by atoms with van der Waals surface area (Å²) in [7, 11) is -6.81. The van der Waals surface area contributed by atoms with Crippen LogP contribution in [0.3, 0.4) is 0 Å². The number of ether oxygens (including phenoxy) is 2. The second-order valence-corrected chi connectivity index (χ2v) is 15.2. The molecule has 0 heterocycles. The molecule has 38 heavy (non-hydrogen) atoms. The van der Waals surface area contributed by atoms with E-state index in [-0.39, 0.29) is 37.7 Å². The van der Waals surface area contributed by atoms with Crippen molar-refractivity contribution in [2.45, 2.75) is 62.7 Å². The van der Waals surface area contributed by atoms with E-state index >= 15 is 0 Å². The fraction of sp³-hybridized carbons (Fsp3) is 0.636. The van der Waals surface area contributed by atoms with E-state index in [4.69, 9.17) is 4.74 Å². The van der Waals surface area contributed by atoms with Crippen LogP contribution in [0.5, 0.6) is 0 Å². The molecule has 5 rings (SSSR count). The average Bonchev–Trinajstić information content (AvgIpc) is 2.75. The topological polar surface area (TPSA) is 110 Å². The van der Waals surface area contributed by atoms with Gasteiger partial charge in [0.25, 0.3) is 6.10 Å². The maximum absolute atomic E-state index is 14.0. The van der Waals surface area contributed by atoms with Crippen LogP contribution in [0.4, 0.5) is 22.0 Å². The number of carbonyl (C=O) groups excluding carboxylic acids is 2. The minimum Gasteiger partial charge on any atom is -0.743 e. The maximum Gasteiger partial charge on any atom is 0.432 e. The van der Waals surface area contributed by atoms with Crippen molar-refractivity contribution < 1.29 is 54.0 Å². The Morgan fingerprint density at radius 1 is 1.00 bits per heavy atom. The molecule has 212 valence electrons. The molecule has 0 spiro atoms. The van der Waals surface area contributed by atoms with E-state index in [9.17, 15) is 44.5 Å². The van der Waals surface area contributed by atoms with Crippen molar-refractivity contribution in [2.75, 3.05) is 0 Å². The summed E-state index contributed by atoms with van der Waals surface area (Å²) in [6.45, 7) is -0.0673. The minimum absolute atomic E-state index is 0.00457. The molecule has 0 aromatic heterocycles. The van der Waals surface area contributed by atoms with Gasteiger partial charge >= 0.3 is 23.4 Å². The van der Waals surface area contributed by atoms with Crippen LogP contribution in [0.15, 0.2) is 12.1 Å². The van der Waals surface area contributed by atoms with Crippen LogP contribution in [0.25, 0.3) is 0 Å². The van der Waals surface area contributed by atoms with E-state index in [2.05, 4.69) is 72.5 Å². The molecule has 4 saturated carbocycles. The number of hydrogen-bond donors (Lipinski definition) is 0. The highest BCUT2D eigenvalue weighted by atomic mass is 127. The molecule has 0 radical (unpaired) electrons. The summed E-state index contributed by atoms with van der Waals surface area (Å²) in [5.41, 5.74) is -2.17. The van der Waals surface area contributed by atoms with Crippen molar-refractivity contribution in [3.8, 4) is 0 Å². The summed E-state index contributed by atoms with van der Waals surface area (Å²) >= 11 is 6.39. The first-order valence-electron chi connectivity index (χ1n) is 11.2. The van der Waals surface area contributed by atoms with Crippen LogP contribution in [-0.2, 0) is 35.8 Å². The SMILES string of the molecule is O=C(OCc1cc(I)cc(I)c1I)C12CC3CC(C1)CC(C(=O)OC(C(F)(F)F)C(F)(F)S(=O)(=O)[O-])(C3)C2. The lowest BCUT2D eigenvalue weighted by Crippen LogP contribution is -2.60. The fourth-order valence-electron chi connectivity index (χ4n) is 6.44. The lowest BCUT2D eigenvalue weighted by molar-refractivity contribution is -0.267. The van der Waals surface area contributed by atoms with Gasteiger partial charge in [-0.25, -0.2) is 8.42 Å². The molecule has 16 heteroatoms. The van der Waals surface area contributed by atoms with E-state index < -0.39 is 50.4 Å². The van der Waals surface area contributed by atoms with Crippen LogP contribution < -0.4 is 0 Å². The number of rotatable bonds is 7. The number of alkyl halides is 5. The van der Waals surface area contributed by atoms with Gasteiger partial charge in [-0.15, -0.1) is 0 Å². The Bertz CT molecular complexity index is 1260. The molecule has 4 aliphatic rings. The Labute approximate surface area is 255 Å². The Hall–Kier alpha value is -0.0900. The zero-order valence-corrected chi connectivity index (χ0v) is 26.4. The van der Waals surface area contributed by atoms with Crippen molar-refractivity contribution in [1.29, 1.82) is 0 Å². The Kier molecular flexibility index (Phi) is 8.38. The van der Waals surface area contributed by atoms with E-state index in [0.29, 0.717) is 19.3 Å². The number of halogens is 8. The molecule has 0 N–H and O–H groups in total. The van der Waals surface area contributed by atoms with Crippen LogP contribution in [0, 0.1) is 33.4 Å². The summed E-state index contributed by atoms with van der Waals surface area (Å²) in [6, 6.07) is 3.79. The number of hydrogen-bond acceptors (Lipinski definition) is 7. The molecule has 4 bridgehead atoms. The molecule has 0 aliphatic heterocycles. The Morgan fingerprint density at radius 3 is 2.03 bits per heavy atom. The van der Waals surface area contributed by atoms with Crippen molar-refractivity contribution in [3.63, 3.8) is 0 Å². The third kappa shape index (κ3) is 5.66. The molecule has 3 atom stereocenters. The van der Waals surface area contributed by atoms with Crippen LogP contribution in [0.2, 0.25) is 0 Å². The smallest absolute Gasteiger partial charge is 0.432 e. The Morgan fingerprint density at radius 2 is 1.53 bits per heavy atom. The highest BCUT2D eigenvalue weighted by Gasteiger charge is 2.68. The number of benzene rings is 1.